The fourth-order valence-corrected chi connectivity index (χ4v) is 2.80. The fraction of sp³-hybridized carbons (Fsp3) is 0.455. The molecule has 0 saturated carbocycles. The number of Topliss-reactive ketones (excluding diaryl/α,β-unsaturated/α-hetero) is 2. The molecule has 3 nitrogen and oxygen atoms in total. The van der Waals surface area contributed by atoms with Gasteiger partial charge < -0.3 is 4.74 Å². The lowest BCUT2D eigenvalue weighted by molar-refractivity contribution is -0.125. The van der Waals surface area contributed by atoms with Gasteiger partial charge in [0.25, 0.3) is 0 Å². The van der Waals surface area contributed by atoms with Gasteiger partial charge in [0.05, 0.1) is 5.92 Å². The van der Waals surface area contributed by atoms with Crippen LogP contribution in [0, 0.1) is 5.92 Å². The Balaban J connectivity index is 2.20. The van der Waals surface area contributed by atoms with E-state index in [4.69, 9.17) is 4.74 Å². The predicted octanol–water partition coefficient (Wildman–Crippen LogP) is 1.71. The number of carbonyl (C=O) groups excluding carboxylic acids is 2. The Labute approximate surface area is 92.1 Å². The lowest BCUT2D eigenvalue weighted by atomic mass is 9.84. The Morgan fingerprint density at radius 1 is 1.67 bits per heavy atom. The van der Waals surface area contributed by atoms with Crippen molar-refractivity contribution in [2.24, 2.45) is 5.92 Å². The molecule has 1 aliphatic rings. The van der Waals surface area contributed by atoms with Gasteiger partial charge in [0.1, 0.15) is 6.61 Å². The normalized spacial score (nSPS) is 20.1. The number of carbonyl (C=O) groups is 2. The lowest BCUT2D eigenvalue weighted by Crippen LogP contribution is -2.30. The van der Waals surface area contributed by atoms with E-state index in [9.17, 15) is 9.59 Å². The third kappa shape index (κ3) is 1.87. The number of ether oxygens (including phenoxy) is 1. The number of hydrogen-bond acceptors (Lipinski definition) is 4. The van der Waals surface area contributed by atoms with Gasteiger partial charge in [-0.1, -0.05) is 0 Å². The van der Waals surface area contributed by atoms with E-state index in [1.165, 1.54) is 7.11 Å². The summed E-state index contributed by atoms with van der Waals surface area (Å²) in [6, 6.07) is 1.81. The molecule has 0 amide bonds. The first-order chi connectivity index (χ1) is 7.24. The number of methoxy groups -OCH3 is 1. The maximum absolute atomic E-state index is 11.9. The van der Waals surface area contributed by atoms with Gasteiger partial charge in [-0.2, -0.15) is 0 Å². The molecule has 1 aromatic rings. The van der Waals surface area contributed by atoms with Crippen LogP contribution in [0.1, 0.15) is 21.7 Å². The highest BCUT2D eigenvalue weighted by molar-refractivity contribution is 7.10. The Morgan fingerprint density at radius 3 is 3.20 bits per heavy atom. The van der Waals surface area contributed by atoms with E-state index < -0.39 is 5.92 Å². The maximum atomic E-state index is 11.9. The monoisotopic (exact) mass is 224 g/mol. The molecule has 0 N–H and O–H groups in total. The standard InChI is InChI=1S/C11H12O3S/c1-14-6-9(12)7-2-3-10-8(11(7)13)4-5-15-10/h4-5,7H,2-3,6H2,1H3. The SMILES string of the molecule is COCC(=O)C1CCc2sccc2C1=O. The maximum Gasteiger partial charge on any atom is 0.174 e. The van der Waals surface area contributed by atoms with Crippen molar-refractivity contribution in [1.82, 2.24) is 0 Å². The first-order valence-corrected chi connectivity index (χ1v) is 5.74. The summed E-state index contributed by atoms with van der Waals surface area (Å²) in [7, 11) is 1.47. The van der Waals surface area contributed by atoms with Gasteiger partial charge in [-0.25, -0.2) is 0 Å². The second-order valence-corrected chi connectivity index (χ2v) is 4.61. The largest absolute Gasteiger partial charge is 0.377 e. The second-order valence-electron chi connectivity index (χ2n) is 3.61. The van der Waals surface area contributed by atoms with Gasteiger partial charge >= 0.3 is 0 Å². The van der Waals surface area contributed by atoms with E-state index in [1.807, 2.05) is 11.4 Å². The average Bonchev–Trinajstić information content (AvgIpc) is 2.67. The zero-order valence-electron chi connectivity index (χ0n) is 8.49. The molecule has 1 unspecified atom stereocenters. The zero-order valence-corrected chi connectivity index (χ0v) is 9.30. The molecular formula is C11H12O3S. The Bertz CT molecular complexity index is 394. The quantitative estimate of drug-likeness (QED) is 0.734. The Hall–Kier alpha value is -1.00. The molecule has 0 fully saturated rings. The molecule has 15 heavy (non-hydrogen) atoms. The zero-order chi connectivity index (χ0) is 10.8. The minimum atomic E-state index is -0.480. The van der Waals surface area contributed by atoms with Crippen molar-refractivity contribution in [1.29, 1.82) is 0 Å². The minimum Gasteiger partial charge on any atom is -0.377 e. The van der Waals surface area contributed by atoms with Crippen LogP contribution < -0.4 is 0 Å². The topological polar surface area (TPSA) is 43.4 Å². The van der Waals surface area contributed by atoms with Gasteiger partial charge in [0, 0.05) is 17.6 Å². The molecule has 80 valence electrons. The van der Waals surface area contributed by atoms with Crippen LogP contribution in [0.2, 0.25) is 0 Å². The molecule has 1 heterocycles. The van der Waals surface area contributed by atoms with Gasteiger partial charge in [-0.15, -0.1) is 11.3 Å². The minimum absolute atomic E-state index is 0.0282. The molecule has 0 radical (unpaired) electrons. The van der Waals surface area contributed by atoms with E-state index in [2.05, 4.69) is 0 Å². The van der Waals surface area contributed by atoms with Crippen LogP contribution in [0.25, 0.3) is 0 Å². The van der Waals surface area contributed by atoms with E-state index in [-0.39, 0.29) is 18.2 Å². The van der Waals surface area contributed by atoms with E-state index >= 15 is 0 Å². The van der Waals surface area contributed by atoms with Crippen molar-refractivity contribution in [3.63, 3.8) is 0 Å². The van der Waals surface area contributed by atoms with Crippen molar-refractivity contribution < 1.29 is 14.3 Å². The summed E-state index contributed by atoms with van der Waals surface area (Å²) in [6.07, 6.45) is 1.47. The highest BCUT2D eigenvalue weighted by atomic mass is 32.1. The third-order valence-corrected chi connectivity index (χ3v) is 3.64. The van der Waals surface area contributed by atoms with Crippen molar-refractivity contribution in [2.75, 3.05) is 13.7 Å². The van der Waals surface area contributed by atoms with E-state index in [1.54, 1.807) is 11.3 Å². The fourth-order valence-electron chi connectivity index (χ4n) is 1.90. The van der Waals surface area contributed by atoms with Gasteiger partial charge in [0.15, 0.2) is 11.6 Å². The molecular weight excluding hydrogens is 212 g/mol. The summed E-state index contributed by atoms with van der Waals surface area (Å²) in [5.41, 5.74) is 0.737. The molecule has 2 rings (SSSR count). The molecule has 0 aromatic carbocycles. The van der Waals surface area contributed by atoms with Crippen molar-refractivity contribution >= 4 is 22.9 Å². The van der Waals surface area contributed by atoms with Crippen molar-refractivity contribution in [3.8, 4) is 0 Å². The third-order valence-electron chi connectivity index (χ3n) is 2.66. The predicted molar refractivity (Wildman–Crippen MR) is 57.3 cm³/mol. The van der Waals surface area contributed by atoms with E-state index in [0.717, 1.165) is 16.9 Å². The van der Waals surface area contributed by atoms with Crippen LogP contribution >= 0.6 is 11.3 Å². The van der Waals surface area contributed by atoms with Crippen LogP contribution in [-0.2, 0) is 16.0 Å². The molecule has 1 aliphatic carbocycles. The Morgan fingerprint density at radius 2 is 2.47 bits per heavy atom. The Kier molecular flexibility index (Phi) is 2.98. The van der Waals surface area contributed by atoms with Gasteiger partial charge in [-0.3, -0.25) is 9.59 Å². The highest BCUT2D eigenvalue weighted by Gasteiger charge is 2.32. The highest BCUT2D eigenvalue weighted by Crippen LogP contribution is 2.29. The van der Waals surface area contributed by atoms with Crippen molar-refractivity contribution in [3.05, 3.63) is 21.9 Å². The summed E-state index contributed by atoms with van der Waals surface area (Å²) in [4.78, 5) is 24.6. The van der Waals surface area contributed by atoms with Crippen LogP contribution in [0.5, 0.6) is 0 Å². The molecule has 0 bridgehead atoms. The number of fused-ring (bicyclic) bond motifs is 1. The number of hydrogen-bond donors (Lipinski definition) is 0. The summed E-state index contributed by atoms with van der Waals surface area (Å²) in [5.74, 6) is -0.606. The molecule has 1 atom stereocenters. The number of aryl methyl sites for hydroxylation is 1. The summed E-state index contributed by atoms with van der Waals surface area (Å²) < 4.78 is 4.78. The second kappa shape index (κ2) is 4.24. The first kappa shape index (κ1) is 10.5. The molecule has 4 heteroatoms. The number of rotatable bonds is 3. The lowest BCUT2D eigenvalue weighted by Gasteiger charge is -2.19. The van der Waals surface area contributed by atoms with Gasteiger partial charge in [0.2, 0.25) is 0 Å². The summed E-state index contributed by atoms with van der Waals surface area (Å²) >= 11 is 1.59. The molecule has 1 aromatic heterocycles. The number of thiophene rings is 1. The van der Waals surface area contributed by atoms with Crippen LogP contribution in [0.4, 0.5) is 0 Å². The molecule has 0 aliphatic heterocycles. The van der Waals surface area contributed by atoms with Crippen LogP contribution in [-0.4, -0.2) is 25.3 Å². The van der Waals surface area contributed by atoms with Crippen LogP contribution in [0.15, 0.2) is 11.4 Å². The first-order valence-electron chi connectivity index (χ1n) is 4.86. The summed E-state index contributed by atoms with van der Waals surface area (Å²) in [6.45, 7) is 0.0376. The smallest absolute Gasteiger partial charge is 0.174 e. The average molecular weight is 224 g/mol. The molecule has 0 saturated heterocycles. The molecule has 0 spiro atoms. The van der Waals surface area contributed by atoms with Crippen LogP contribution in [0.3, 0.4) is 0 Å². The number of ketones is 2. The van der Waals surface area contributed by atoms with Crippen molar-refractivity contribution in [2.45, 2.75) is 12.8 Å². The summed E-state index contributed by atoms with van der Waals surface area (Å²) in [5, 5.41) is 1.91. The van der Waals surface area contributed by atoms with Gasteiger partial charge in [-0.05, 0) is 24.3 Å². The van der Waals surface area contributed by atoms with E-state index in [0.29, 0.717) is 6.42 Å².